The predicted octanol–water partition coefficient (Wildman–Crippen LogP) is 1.74. The zero-order valence-corrected chi connectivity index (χ0v) is 11.4. The molecule has 2 aromatic rings. The van der Waals surface area contributed by atoms with E-state index in [2.05, 4.69) is 9.72 Å². The summed E-state index contributed by atoms with van der Waals surface area (Å²) in [6.07, 6.45) is 5.47. The third-order valence-electron chi connectivity index (χ3n) is 3.40. The number of hydrogen-bond donors (Lipinski definition) is 0. The van der Waals surface area contributed by atoms with Crippen LogP contribution in [-0.2, 0) is 16.1 Å². The highest BCUT2D eigenvalue weighted by molar-refractivity contribution is 7.98. The lowest BCUT2D eigenvalue weighted by atomic mass is 10.1. The number of carbonyl (C=O) groups excluding carboxylic acids is 2. The Labute approximate surface area is 113 Å². The van der Waals surface area contributed by atoms with Gasteiger partial charge in [0.25, 0.3) is 0 Å². The van der Waals surface area contributed by atoms with E-state index >= 15 is 0 Å². The second kappa shape index (κ2) is 4.38. The number of esters is 1. The largest absolute Gasteiger partial charge is 0.468 e. The van der Waals surface area contributed by atoms with Crippen LogP contribution >= 0.6 is 11.8 Å². The Morgan fingerprint density at radius 1 is 1.53 bits per heavy atom. The molecule has 0 saturated carbocycles. The van der Waals surface area contributed by atoms with E-state index in [0.717, 1.165) is 15.8 Å². The minimum atomic E-state index is -0.715. The number of ether oxygens (including phenoxy) is 1. The van der Waals surface area contributed by atoms with Crippen LogP contribution in [0.3, 0.4) is 0 Å². The van der Waals surface area contributed by atoms with Gasteiger partial charge in [0.1, 0.15) is 5.92 Å². The summed E-state index contributed by atoms with van der Waals surface area (Å²) in [5.74, 6) is -1.36. The molecule has 1 aliphatic rings. The Bertz CT molecular complexity index is 692. The minimum absolute atomic E-state index is 0.171. The summed E-state index contributed by atoms with van der Waals surface area (Å²) in [5, 5.41) is 0.929. The number of hydrogen-bond acceptors (Lipinski definition) is 5. The number of thioether (sulfide) groups is 1. The van der Waals surface area contributed by atoms with E-state index in [-0.39, 0.29) is 5.78 Å². The molecule has 19 heavy (non-hydrogen) atoms. The molecule has 1 atom stereocenters. The SMILES string of the molecule is COC(=O)C1Cn2c(cc3cncc(SC)c32)C1=O. The van der Waals surface area contributed by atoms with Gasteiger partial charge in [0.15, 0.2) is 5.78 Å². The first-order valence-electron chi connectivity index (χ1n) is 5.80. The molecule has 0 N–H and O–H groups in total. The minimum Gasteiger partial charge on any atom is -0.468 e. The third kappa shape index (κ3) is 1.67. The van der Waals surface area contributed by atoms with Crippen molar-refractivity contribution in [1.29, 1.82) is 0 Å². The monoisotopic (exact) mass is 276 g/mol. The number of rotatable bonds is 2. The lowest BCUT2D eigenvalue weighted by Crippen LogP contribution is -2.22. The van der Waals surface area contributed by atoms with Crippen LogP contribution < -0.4 is 0 Å². The summed E-state index contributed by atoms with van der Waals surface area (Å²) in [5.41, 5.74) is 1.53. The van der Waals surface area contributed by atoms with Crippen molar-refractivity contribution in [1.82, 2.24) is 9.55 Å². The van der Waals surface area contributed by atoms with Crippen molar-refractivity contribution in [2.75, 3.05) is 13.4 Å². The van der Waals surface area contributed by atoms with Crippen LogP contribution in [0, 0.1) is 5.92 Å². The van der Waals surface area contributed by atoms with Crippen molar-refractivity contribution in [2.24, 2.45) is 5.92 Å². The molecule has 3 heterocycles. The molecular weight excluding hydrogens is 264 g/mol. The van der Waals surface area contributed by atoms with Gasteiger partial charge in [-0.1, -0.05) is 0 Å². The number of carbonyl (C=O) groups is 2. The van der Waals surface area contributed by atoms with E-state index in [0.29, 0.717) is 12.2 Å². The average Bonchev–Trinajstić information content (AvgIpc) is 2.95. The molecule has 0 aliphatic carbocycles. The molecule has 3 rings (SSSR count). The third-order valence-corrected chi connectivity index (χ3v) is 4.14. The molecular formula is C13H12N2O3S. The van der Waals surface area contributed by atoms with Crippen LogP contribution in [-0.4, -0.2) is 34.7 Å². The van der Waals surface area contributed by atoms with Gasteiger partial charge >= 0.3 is 5.97 Å². The highest BCUT2D eigenvalue weighted by Crippen LogP contribution is 2.33. The van der Waals surface area contributed by atoms with E-state index in [1.165, 1.54) is 7.11 Å². The van der Waals surface area contributed by atoms with Crippen molar-refractivity contribution in [3.8, 4) is 0 Å². The zero-order valence-electron chi connectivity index (χ0n) is 10.5. The second-order valence-electron chi connectivity index (χ2n) is 4.36. The number of nitrogens with zero attached hydrogens (tertiary/aromatic N) is 2. The van der Waals surface area contributed by atoms with Gasteiger partial charge in [-0.3, -0.25) is 14.6 Å². The van der Waals surface area contributed by atoms with E-state index < -0.39 is 11.9 Å². The molecule has 1 unspecified atom stereocenters. The van der Waals surface area contributed by atoms with E-state index in [1.807, 2.05) is 10.8 Å². The highest BCUT2D eigenvalue weighted by Gasteiger charge is 2.38. The first-order chi connectivity index (χ1) is 9.17. The van der Waals surface area contributed by atoms with Crippen LogP contribution in [0.15, 0.2) is 23.4 Å². The molecule has 0 amide bonds. The van der Waals surface area contributed by atoms with Gasteiger partial charge in [0.05, 0.1) is 18.3 Å². The Morgan fingerprint density at radius 2 is 2.32 bits per heavy atom. The van der Waals surface area contributed by atoms with Gasteiger partial charge in [0.2, 0.25) is 0 Å². The number of aromatic nitrogens is 2. The molecule has 0 spiro atoms. The van der Waals surface area contributed by atoms with Crippen LogP contribution in [0.1, 0.15) is 10.5 Å². The van der Waals surface area contributed by atoms with Crippen LogP contribution in [0.5, 0.6) is 0 Å². The van der Waals surface area contributed by atoms with Crippen LogP contribution in [0.4, 0.5) is 0 Å². The van der Waals surface area contributed by atoms with Gasteiger partial charge in [-0.05, 0) is 12.3 Å². The summed E-state index contributed by atoms with van der Waals surface area (Å²) in [4.78, 5) is 29.0. The van der Waals surface area contributed by atoms with Crippen molar-refractivity contribution < 1.29 is 14.3 Å². The molecule has 98 valence electrons. The summed E-state index contributed by atoms with van der Waals surface area (Å²) in [6.45, 7) is 0.349. The van der Waals surface area contributed by atoms with Gasteiger partial charge < -0.3 is 9.30 Å². The first kappa shape index (κ1) is 12.2. The van der Waals surface area contributed by atoms with Crippen LogP contribution in [0.2, 0.25) is 0 Å². The summed E-state index contributed by atoms with van der Waals surface area (Å²) in [6, 6.07) is 1.80. The summed E-state index contributed by atoms with van der Waals surface area (Å²) in [7, 11) is 1.30. The van der Waals surface area contributed by atoms with E-state index in [9.17, 15) is 9.59 Å². The molecule has 2 aromatic heterocycles. The summed E-state index contributed by atoms with van der Waals surface area (Å²) >= 11 is 1.57. The summed E-state index contributed by atoms with van der Waals surface area (Å²) < 4.78 is 6.58. The number of pyridine rings is 1. The molecule has 0 radical (unpaired) electrons. The second-order valence-corrected chi connectivity index (χ2v) is 5.21. The van der Waals surface area contributed by atoms with Gasteiger partial charge in [0, 0.05) is 29.2 Å². The fourth-order valence-electron chi connectivity index (χ4n) is 2.50. The normalized spacial score (nSPS) is 17.8. The Morgan fingerprint density at radius 3 is 3.00 bits per heavy atom. The molecule has 0 saturated heterocycles. The smallest absolute Gasteiger partial charge is 0.318 e. The van der Waals surface area contributed by atoms with Crippen molar-refractivity contribution >= 4 is 34.4 Å². The van der Waals surface area contributed by atoms with Crippen molar-refractivity contribution in [2.45, 2.75) is 11.4 Å². The zero-order chi connectivity index (χ0) is 13.6. The average molecular weight is 276 g/mol. The number of ketones is 1. The number of methoxy groups -OCH3 is 1. The van der Waals surface area contributed by atoms with Crippen LogP contribution in [0.25, 0.3) is 10.9 Å². The fraction of sp³-hybridized carbons (Fsp3) is 0.308. The molecule has 1 aliphatic heterocycles. The van der Waals surface area contributed by atoms with Crippen molar-refractivity contribution in [3.05, 3.63) is 24.2 Å². The quantitative estimate of drug-likeness (QED) is 0.475. The highest BCUT2D eigenvalue weighted by atomic mass is 32.2. The maximum atomic E-state index is 12.2. The topological polar surface area (TPSA) is 61.2 Å². The lowest BCUT2D eigenvalue weighted by Gasteiger charge is -2.07. The Balaban J connectivity index is 2.17. The molecule has 0 bridgehead atoms. The maximum Gasteiger partial charge on any atom is 0.318 e. The Hall–Kier alpha value is -1.82. The molecule has 6 heteroatoms. The maximum absolute atomic E-state index is 12.2. The first-order valence-corrected chi connectivity index (χ1v) is 7.03. The number of fused-ring (bicyclic) bond motifs is 3. The molecule has 5 nitrogen and oxygen atoms in total. The number of Topliss-reactive ketones (excluding diaryl/α,β-unsaturated/α-hetero) is 1. The lowest BCUT2D eigenvalue weighted by molar-refractivity contribution is -0.143. The fourth-order valence-corrected chi connectivity index (χ4v) is 3.09. The molecule has 0 aromatic carbocycles. The van der Waals surface area contributed by atoms with Gasteiger partial charge in [-0.2, -0.15) is 0 Å². The predicted molar refractivity (Wildman–Crippen MR) is 71.4 cm³/mol. The molecule has 0 fully saturated rings. The van der Waals surface area contributed by atoms with E-state index in [1.54, 1.807) is 30.2 Å². The van der Waals surface area contributed by atoms with E-state index in [4.69, 9.17) is 0 Å². The van der Waals surface area contributed by atoms with Gasteiger partial charge in [-0.15, -0.1) is 11.8 Å². The standard InChI is InChI=1S/C13H12N2O3S/c1-18-13(17)8-6-15-9(12(8)16)3-7-4-14-5-10(19-2)11(7)15/h3-5,8H,6H2,1-2H3. The Kier molecular flexibility index (Phi) is 2.82. The van der Waals surface area contributed by atoms with Gasteiger partial charge in [-0.25, -0.2) is 0 Å². The van der Waals surface area contributed by atoms with Crippen molar-refractivity contribution in [3.63, 3.8) is 0 Å².